The normalized spacial score (nSPS) is 10.1. The van der Waals surface area contributed by atoms with Crippen LogP contribution in [-0.2, 0) is 27.3 Å². The summed E-state index contributed by atoms with van der Waals surface area (Å²) in [6.45, 7) is 0.279. The van der Waals surface area contributed by atoms with Gasteiger partial charge in [0.2, 0.25) is 6.41 Å². The first-order chi connectivity index (χ1) is 15.7. The van der Waals surface area contributed by atoms with Crippen molar-refractivity contribution >= 4 is 24.1 Å². The van der Waals surface area contributed by atoms with Crippen LogP contribution in [0.3, 0.4) is 0 Å². The summed E-state index contributed by atoms with van der Waals surface area (Å²) in [4.78, 5) is 34.6. The van der Waals surface area contributed by atoms with Gasteiger partial charge in [-0.25, -0.2) is 4.79 Å². The lowest BCUT2D eigenvalue weighted by atomic mass is 9.95. The van der Waals surface area contributed by atoms with Crippen LogP contribution in [-0.4, -0.2) is 25.1 Å². The number of hydrogen-bond donors (Lipinski definition) is 3. The molecule has 0 unspecified atom stereocenters. The molecule has 3 N–H and O–H groups in total. The summed E-state index contributed by atoms with van der Waals surface area (Å²) in [7, 11) is 0. The van der Waals surface area contributed by atoms with Crippen LogP contribution in [0.15, 0.2) is 78.9 Å². The summed E-state index contributed by atoms with van der Waals surface area (Å²) >= 11 is 0. The molecule has 3 aromatic carbocycles. The van der Waals surface area contributed by atoms with Crippen LogP contribution in [0.5, 0.6) is 0 Å². The molecule has 7 heteroatoms. The maximum absolute atomic E-state index is 12.5. The van der Waals surface area contributed by atoms with E-state index in [0.29, 0.717) is 25.1 Å². The van der Waals surface area contributed by atoms with Crippen LogP contribution in [0, 0.1) is 0 Å². The Kier molecular flexibility index (Phi) is 8.39. The number of para-hydroxylation sites is 1. The monoisotopic (exact) mass is 431 g/mol. The number of ether oxygens (including phenoxy) is 1. The molecule has 3 aromatic rings. The third-order valence-corrected chi connectivity index (χ3v) is 4.78. The highest BCUT2D eigenvalue weighted by Crippen LogP contribution is 2.31. The predicted molar refractivity (Wildman–Crippen MR) is 123 cm³/mol. The number of amides is 3. The highest BCUT2D eigenvalue weighted by molar-refractivity contribution is 5.94. The summed E-state index contributed by atoms with van der Waals surface area (Å²) in [6, 6.07) is 24.6. The van der Waals surface area contributed by atoms with Gasteiger partial charge >= 0.3 is 12.0 Å². The summed E-state index contributed by atoms with van der Waals surface area (Å²) in [5.74, 6) is -0.402. The molecular weight excluding hydrogens is 406 g/mol. The average molecular weight is 431 g/mol. The average Bonchev–Trinajstić information content (AvgIpc) is 2.83. The maximum atomic E-state index is 12.5. The number of esters is 1. The van der Waals surface area contributed by atoms with Gasteiger partial charge < -0.3 is 20.7 Å². The van der Waals surface area contributed by atoms with Gasteiger partial charge in [-0.3, -0.25) is 9.59 Å². The van der Waals surface area contributed by atoms with Gasteiger partial charge in [-0.15, -0.1) is 0 Å². The zero-order valence-electron chi connectivity index (χ0n) is 17.5. The molecule has 0 spiro atoms. The summed E-state index contributed by atoms with van der Waals surface area (Å²) in [6.07, 6.45) is 1.11. The van der Waals surface area contributed by atoms with Gasteiger partial charge in [-0.05, 0) is 29.2 Å². The van der Waals surface area contributed by atoms with E-state index in [2.05, 4.69) is 16.0 Å². The molecule has 164 valence electrons. The smallest absolute Gasteiger partial charge is 0.319 e. The third kappa shape index (κ3) is 6.70. The lowest BCUT2D eigenvalue weighted by Crippen LogP contribution is -2.28. The van der Waals surface area contributed by atoms with E-state index in [9.17, 15) is 14.4 Å². The van der Waals surface area contributed by atoms with Crippen molar-refractivity contribution in [2.45, 2.75) is 19.4 Å². The lowest BCUT2D eigenvalue weighted by Gasteiger charge is -2.15. The van der Waals surface area contributed by atoms with Gasteiger partial charge in [-0.2, -0.15) is 0 Å². The quantitative estimate of drug-likeness (QED) is 0.197. The van der Waals surface area contributed by atoms with E-state index in [-0.39, 0.29) is 19.2 Å². The van der Waals surface area contributed by atoms with Crippen molar-refractivity contribution in [3.63, 3.8) is 0 Å². The minimum Gasteiger partial charge on any atom is -0.444 e. The number of nitrogens with one attached hydrogen (secondary N) is 3. The highest BCUT2D eigenvalue weighted by atomic mass is 16.5. The molecule has 0 fully saturated rings. The van der Waals surface area contributed by atoms with E-state index in [1.165, 1.54) is 0 Å². The van der Waals surface area contributed by atoms with E-state index in [4.69, 9.17) is 4.74 Å². The number of carbonyl (C=O) groups is 3. The van der Waals surface area contributed by atoms with Crippen LogP contribution in [0.25, 0.3) is 11.1 Å². The Bertz CT molecular complexity index is 1050. The van der Waals surface area contributed by atoms with E-state index in [0.717, 1.165) is 22.3 Å². The van der Waals surface area contributed by atoms with Crippen LogP contribution in [0.2, 0.25) is 0 Å². The Morgan fingerprint density at radius 1 is 0.844 bits per heavy atom. The Labute approximate surface area is 186 Å². The number of rotatable bonds is 10. The first-order valence-corrected chi connectivity index (χ1v) is 10.3. The van der Waals surface area contributed by atoms with Gasteiger partial charge in [0, 0.05) is 18.5 Å². The van der Waals surface area contributed by atoms with E-state index in [1.807, 2.05) is 78.9 Å². The molecule has 0 aliphatic rings. The molecule has 0 aliphatic heterocycles. The molecule has 7 nitrogen and oxygen atoms in total. The molecule has 0 radical (unpaired) electrons. The van der Waals surface area contributed by atoms with Crippen molar-refractivity contribution < 1.29 is 19.1 Å². The van der Waals surface area contributed by atoms with E-state index in [1.54, 1.807) is 0 Å². The zero-order valence-corrected chi connectivity index (χ0v) is 17.5. The van der Waals surface area contributed by atoms with Crippen LogP contribution >= 0.6 is 0 Å². The fraction of sp³-hybridized carbons (Fsp3) is 0.160. The molecule has 0 saturated carbocycles. The predicted octanol–water partition coefficient (Wildman–Crippen LogP) is 3.85. The van der Waals surface area contributed by atoms with Crippen molar-refractivity contribution in [3.05, 3.63) is 90.0 Å². The first kappa shape index (κ1) is 22.6. The van der Waals surface area contributed by atoms with Crippen molar-refractivity contribution in [3.8, 4) is 11.1 Å². The topological polar surface area (TPSA) is 96.5 Å². The Hall–Kier alpha value is -4.13. The van der Waals surface area contributed by atoms with Crippen molar-refractivity contribution in [1.29, 1.82) is 0 Å². The molecule has 32 heavy (non-hydrogen) atoms. The van der Waals surface area contributed by atoms with Gasteiger partial charge in [0.15, 0.2) is 6.73 Å². The largest absolute Gasteiger partial charge is 0.444 e. The van der Waals surface area contributed by atoms with Crippen molar-refractivity contribution in [2.24, 2.45) is 0 Å². The molecule has 0 aromatic heterocycles. The van der Waals surface area contributed by atoms with Crippen LogP contribution < -0.4 is 16.0 Å². The molecule has 0 atom stereocenters. The fourth-order valence-corrected chi connectivity index (χ4v) is 3.24. The third-order valence-electron chi connectivity index (χ3n) is 4.78. The van der Waals surface area contributed by atoms with Gasteiger partial charge in [0.25, 0.3) is 0 Å². The Morgan fingerprint density at radius 2 is 1.53 bits per heavy atom. The van der Waals surface area contributed by atoms with Gasteiger partial charge in [0.1, 0.15) is 0 Å². The molecule has 3 rings (SSSR count). The second-order valence-corrected chi connectivity index (χ2v) is 6.98. The maximum Gasteiger partial charge on any atom is 0.319 e. The second-order valence-electron chi connectivity index (χ2n) is 6.98. The minimum absolute atomic E-state index is 0.144. The standard InChI is InChI=1S/C25H25N3O4/c29-17-26-18-32-24(30)15-14-20-10-4-5-11-21(20)22-12-6-7-13-23(22)28-25(31)27-16-19-8-2-1-3-9-19/h1-13,17H,14-16,18H2,(H,26,29)(H2,27,28,31). The van der Waals surface area contributed by atoms with Crippen LogP contribution in [0.4, 0.5) is 10.5 Å². The summed E-state index contributed by atoms with van der Waals surface area (Å²) in [5, 5.41) is 8.08. The number of carbonyl (C=O) groups excluding carboxylic acids is 3. The summed E-state index contributed by atoms with van der Waals surface area (Å²) in [5.41, 5.74) is 4.41. The van der Waals surface area contributed by atoms with Crippen molar-refractivity contribution in [1.82, 2.24) is 10.6 Å². The highest BCUT2D eigenvalue weighted by Gasteiger charge is 2.13. The zero-order chi connectivity index (χ0) is 22.6. The fourth-order valence-electron chi connectivity index (χ4n) is 3.24. The first-order valence-electron chi connectivity index (χ1n) is 10.3. The molecule has 0 bridgehead atoms. The van der Waals surface area contributed by atoms with Crippen molar-refractivity contribution in [2.75, 3.05) is 12.0 Å². The molecule has 0 saturated heterocycles. The van der Waals surface area contributed by atoms with E-state index < -0.39 is 5.97 Å². The number of benzene rings is 3. The van der Waals surface area contributed by atoms with Gasteiger partial charge in [0.05, 0.1) is 5.69 Å². The molecule has 0 aliphatic carbocycles. The molecule has 3 amide bonds. The summed E-state index contributed by atoms with van der Waals surface area (Å²) < 4.78 is 4.94. The molecular formula is C25H25N3O4. The Morgan fingerprint density at radius 3 is 2.31 bits per heavy atom. The number of urea groups is 1. The molecule has 0 heterocycles. The Balaban J connectivity index is 1.69. The lowest BCUT2D eigenvalue weighted by molar-refractivity contribution is -0.144. The number of aryl methyl sites for hydroxylation is 1. The van der Waals surface area contributed by atoms with E-state index >= 15 is 0 Å². The minimum atomic E-state index is -0.402. The number of hydrogen-bond acceptors (Lipinski definition) is 4. The van der Waals surface area contributed by atoms with Crippen LogP contribution in [0.1, 0.15) is 17.5 Å². The van der Waals surface area contributed by atoms with Gasteiger partial charge in [-0.1, -0.05) is 72.8 Å². The second kappa shape index (κ2) is 11.9. The number of anilines is 1. The SMILES string of the molecule is O=CNCOC(=O)CCc1ccccc1-c1ccccc1NC(=O)NCc1ccccc1.